The van der Waals surface area contributed by atoms with Crippen LogP contribution in [0.5, 0.6) is 5.88 Å². The summed E-state index contributed by atoms with van der Waals surface area (Å²) in [6, 6.07) is 3.76. The third kappa shape index (κ3) is 2.46. The summed E-state index contributed by atoms with van der Waals surface area (Å²) in [4.78, 5) is 12.0. The van der Waals surface area contributed by atoms with Crippen molar-refractivity contribution in [2.45, 2.75) is 39.2 Å². The Hall–Kier alpha value is -1.62. The van der Waals surface area contributed by atoms with Gasteiger partial charge < -0.3 is 15.5 Å². The Labute approximate surface area is 107 Å². The molecule has 0 aliphatic carbocycles. The molecule has 3 N–H and O–H groups in total. The van der Waals surface area contributed by atoms with Crippen LogP contribution in [0.2, 0.25) is 0 Å². The number of hydrogen-bond donors (Lipinski definition) is 2. The minimum absolute atomic E-state index is 0.443. The van der Waals surface area contributed by atoms with Gasteiger partial charge in [0.1, 0.15) is 5.82 Å². The van der Waals surface area contributed by atoms with E-state index in [1.165, 1.54) is 0 Å². The lowest BCUT2D eigenvalue weighted by molar-refractivity contribution is 0.328. The highest BCUT2D eigenvalue weighted by atomic mass is 16.5. The van der Waals surface area contributed by atoms with E-state index in [1.807, 2.05) is 26.0 Å². The second-order valence-electron chi connectivity index (χ2n) is 4.71. The molecule has 0 spiro atoms. The third-order valence-electron chi connectivity index (χ3n) is 2.92. The molecule has 0 saturated heterocycles. The number of nitrogens with one attached hydrogen (secondary N) is 1. The highest BCUT2D eigenvalue weighted by molar-refractivity contribution is 5.71. The Kier molecular flexibility index (Phi) is 3.52. The van der Waals surface area contributed by atoms with Gasteiger partial charge in [0, 0.05) is 6.07 Å². The van der Waals surface area contributed by atoms with E-state index in [-0.39, 0.29) is 0 Å². The van der Waals surface area contributed by atoms with Gasteiger partial charge in [-0.2, -0.15) is 4.98 Å². The Morgan fingerprint density at radius 2 is 2.11 bits per heavy atom. The third-order valence-corrected chi connectivity index (χ3v) is 2.92. The Morgan fingerprint density at radius 1 is 1.33 bits per heavy atom. The van der Waals surface area contributed by atoms with Crippen molar-refractivity contribution in [1.82, 2.24) is 15.0 Å². The van der Waals surface area contributed by atoms with Crippen molar-refractivity contribution >= 4 is 11.2 Å². The van der Waals surface area contributed by atoms with Crippen molar-refractivity contribution < 1.29 is 4.74 Å². The van der Waals surface area contributed by atoms with Crippen LogP contribution in [0.4, 0.5) is 0 Å². The number of rotatable bonds is 5. The number of nitrogens with two attached hydrogens (primary N) is 1. The molecule has 5 nitrogen and oxygen atoms in total. The molecule has 0 aromatic carbocycles. The molecule has 2 rings (SSSR count). The number of H-pyrrole nitrogens is 1. The van der Waals surface area contributed by atoms with Crippen LogP contribution in [0.15, 0.2) is 12.1 Å². The minimum Gasteiger partial charge on any atom is -0.478 e. The highest BCUT2D eigenvalue weighted by Crippen LogP contribution is 2.23. The van der Waals surface area contributed by atoms with Crippen molar-refractivity contribution in [3.05, 3.63) is 18.0 Å². The lowest BCUT2D eigenvalue weighted by atomic mass is 9.97. The smallest absolute Gasteiger partial charge is 0.215 e. The zero-order valence-electron chi connectivity index (χ0n) is 11.2. The molecule has 5 heteroatoms. The van der Waals surface area contributed by atoms with E-state index in [0.29, 0.717) is 18.1 Å². The number of pyridine rings is 1. The first-order chi connectivity index (χ1) is 8.56. The maximum Gasteiger partial charge on any atom is 0.215 e. The number of hydrogen-bond acceptors (Lipinski definition) is 4. The van der Waals surface area contributed by atoms with Gasteiger partial charge in [-0.15, -0.1) is 0 Å². The van der Waals surface area contributed by atoms with Gasteiger partial charge in [0.25, 0.3) is 0 Å². The van der Waals surface area contributed by atoms with Crippen molar-refractivity contribution in [2.24, 2.45) is 5.73 Å². The molecule has 0 fully saturated rings. The van der Waals surface area contributed by atoms with Crippen LogP contribution in [0, 0.1) is 0 Å². The van der Waals surface area contributed by atoms with E-state index < -0.39 is 5.54 Å². The fourth-order valence-corrected chi connectivity index (χ4v) is 2.01. The van der Waals surface area contributed by atoms with E-state index in [1.54, 1.807) is 0 Å². The summed E-state index contributed by atoms with van der Waals surface area (Å²) in [6.45, 7) is 6.62. The molecule has 0 aliphatic heterocycles. The molecule has 18 heavy (non-hydrogen) atoms. The van der Waals surface area contributed by atoms with E-state index >= 15 is 0 Å². The molecular weight excluding hydrogens is 228 g/mol. The topological polar surface area (TPSA) is 76.8 Å². The van der Waals surface area contributed by atoms with E-state index in [4.69, 9.17) is 10.5 Å². The molecule has 2 heterocycles. The second kappa shape index (κ2) is 4.94. The summed E-state index contributed by atoms with van der Waals surface area (Å²) in [6.07, 6.45) is 1.90. The molecule has 1 atom stereocenters. The molecule has 0 amide bonds. The molecule has 2 aromatic heterocycles. The van der Waals surface area contributed by atoms with Gasteiger partial charge in [-0.05, 0) is 26.3 Å². The Morgan fingerprint density at radius 3 is 2.78 bits per heavy atom. The maximum absolute atomic E-state index is 6.26. The quantitative estimate of drug-likeness (QED) is 0.851. The Balaban J connectivity index is 2.37. The van der Waals surface area contributed by atoms with Crippen molar-refractivity contribution in [3.8, 4) is 5.88 Å². The Bertz CT molecular complexity index is 533. The first kappa shape index (κ1) is 12.8. The lowest BCUT2D eigenvalue weighted by Crippen LogP contribution is -2.34. The fourth-order valence-electron chi connectivity index (χ4n) is 2.01. The van der Waals surface area contributed by atoms with Crippen LogP contribution >= 0.6 is 0 Å². The second-order valence-corrected chi connectivity index (χ2v) is 4.71. The van der Waals surface area contributed by atoms with Crippen LogP contribution in [0.3, 0.4) is 0 Å². The summed E-state index contributed by atoms with van der Waals surface area (Å²) in [5.74, 6) is 1.37. The highest BCUT2D eigenvalue weighted by Gasteiger charge is 2.24. The molecule has 2 aromatic rings. The first-order valence-electron chi connectivity index (χ1n) is 6.35. The molecule has 0 saturated carbocycles. The van der Waals surface area contributed by atoms with Gasteiger partial charge in [0.05, 0.1) is 17.7 Å². The van der Waals surface area contributed by atoms with Crippen LogP contribution in [-0.4, -0.2) is 21.6 Å². The van der Waals surface area contributed by atoms with E-state index in [0.717, 1.165) is 24.2 Å². The standard InChI is InChI=1S/C13H20N4O/c1-4-8-13(3,14)12-15-9-6-7-10(18-5-2)16-11(9)17-12/h6-7H,4-5,8,14H2,1-3H3,(H,15,16,17). The number of imidazole rings is 1. The van der Waals surface area contributed by atoms with Gasteiger partial charge in [0.2, 0.25) is 5.88 Å². The number of nitrogens with zero attached hydrogens (tertiary/aromatic N) is 2. The fraction of sp³-hybridized carbons (Fsp3) is 0.538. The monoisotopic (exact) mass is 248 g/mol. The molecule has 0 radical (unpaired) electrons. The SMILES string of the molecule is CCCC(C)(N)c1nc2nc(OCC)ccc2[nH]1. The molecule has 1 unspecified atom stereocenters. The van der Waals surface area contributed by atoms with Gasteiger partial charge in [-0.1, -0.05) is 13.3 Å². The van der Waals surface area contributed by atoms with Gasteiger partial charge in [-0.3, -0.25) is 0 Å². The van der Waals surface area contributed by atoms with Crippen LogP contribution < -0.4 is 10.5 Å². The van der Waals surface area contributed by atoms with Crippen molar-refractivity contribution in [2.75, 3.05) is 6.61 Å². The van der Waals surface area contributed by atoms with Crippen LogP contribution in [0.25, 0.3) is 11.2 Å². The zero-order chi connectivity index (χ0) is 13.2. The molecule has 0 bridgehead atoms. The lowest BCUT2D eigenvalue weighted by Gasteiger charge is -2.20. The summed E-state index contributed by atoms with van der Waals surface area (Å²) in [5.41, 5.74) is 7.36. The summed E-state index contributed by atoms with van der Waals surface area (Å²) in [7, 11) is 0. The average Bonchev–Trinajstić information content (AvgIpc) is 2.73. The zero-order valence-corrected chi connectivity index (χ0v) is 11.2. The van der Waals surface area contributed by atoms with E-state index in [2.05, 4.69) is 21.9 Å². The molecular formula is C13H20N4O. The average molecular weight is 248 g/mol. The molecule has 0 aliphatic rings. The minimum atomic E-state index is -0.443. The number of ether oxygens (including phenoxy) is 1. The predicted octanol–water partition coefficient (Wildman–Crippen LogP) is 2.33. The van der Waals surface area contributed by atoms with Crippen molar-refractivity contribution in [3.63, 3.8) is 0 Å². The largest absolute Gasteiger partial charge is 0.478 e. The normalized spacial score (nSPS) is 14.7. The van der Waals surface area contributed by atoms with Gasteiger partial charge in [0.15, 0.2) is 5.65 Å². The first-order valence-corrected chi connectivity index (χ1v) is 6.35. The number of aromatic nitrogens is 3. The molecule has 98 valence electrons. The predicted molar refractivity (Wildman–Crippen MR) is 71.5 cm³/mol. The van der Waals surface area contributed by atoms with E-state index in [9.17, 15) is 0 Å². The number of aromatic amines is 1. The summed E-state index contributed by atoms with van der Waals surface area (Å²) < 4.78 is 5.36. The summed E-state index contributed by atoms with van der Waals surface area (Å²) >= 11 is 0. The number of fused-ring (bicyclic) bond motifs is 1. The summed E-state index contributed by atoms with van der Waals surface area (Å²) in [5, 5.41) is 0. The van der Waals surface area contributed by atoms with Crippen molar-refractivity contribution in [1.29, 1.82) is 0 Å². The maximum atomic E-state index is 6.26. The van der Waals surface area contributed by atoms with Gasteiger partial charge >= 0.3 is 0 Å². The van der Waals surface area contributed by atoms with Crippen LogP contribution in [0.1, 0.15) is 39.4 Å². The van der Waals surface area contributed by atoms with Gasteiger partial charge in [-0.25, -0.2) is 4.98 Å². The van der Waals surface area contributed by atoms with Crippen LogP contribution in [-0.2, 0) is 5.54 Å².